The van der Waals surface area contributed by atoms with Gasteiger partial charge in [-0.1, -0.05) is 0 Å². The number of amides is 1. The summed E-state index contributed by atoms with van der Waals surface area (Å²) >= 11 is 0. The van der Waals surface area contributed by atoms with Crippen LogP contribution in [-0.4, -0.2) is 10.9 Å². The summed E-state index contributed by atoms with van der Waals surface area (Å²) < 4.78 is 0. The van der Waals surface area contributed by atoms with E-state index in [-0.39, 0.29) is 0 Å². The fraction of sp³-hybridized carbons (Fsp3) is 0.111. The van der Waals surface area contributed by atoms with Crippen molar-refractivity contribution in [3.63, 3.8) is 0 Å². The molecule has 0 radical (unpaired) electrons. The molecule has 1 rings (SSSR count). The molecule has 4 nitrogen and oxygen atoms in total. The fourth-order valence-corrected chi connectivity index (χ4v) is 0.790. The molecule has 0 aliphatic carbocycles. The minimum atomic E-state index is -0.692. The molecule has 0 atom stereocenters. The summed E-state index contributed by atoms with van der Waals surface area (Å²) in [6, 6.07) is 1.77. The second-order valence-electron chi connectivity index (χ2n) is 2.50. The molecule has 0 unspecified atom stereocenters. The zero-order chi connectivity index (χ0) is 9.84. The fourth-order valence-electron chi connectivity index (χ4n) is 0.790. The maximum Gasteiger partial charge on any atom is 0.293 e. The summed E-state index contributed by atoms with van der Waals surface area (Å²) in [5.41, 5.74) is 12.2. The normalized spacial score (nSPS) is 8.69. The minimum Gasteiger partial charge on any atom is -0.396 e. The largest absolute Gasteiger partial charge is 0.396 e. The van der Waals surface area contributed by atoms with Crippen molar-refractivity contribution in [2.45, 2.75) is 6.92 Å². The first-order valence-corrected chi connectivity index (χ1v) is 3.64. The molecule has 1 aromatic rings. The van der Waals surface area contributed by atoms with Crippen molar-refractivity contribution in [2.24, 2.45) is 5.73 Å². The molecule has 0 aliphatic rings. The van der Waals surface area contributed by atoms with Crippen molar-refractivity contribution in [2.75, 3.05) is 5.73 Å². The second kappa shape index (κ2) is 3.59. The van der Waals surface area contributed by atoms with E-state index in [4.69, 9.17) is 11.5 Å². The summed E-state index contributed by atoms with van der Waals surface area (Å²) in [6.07, 6.45) is 1.58. The zero-order valence-electron chi connectivity index (χ0n) is 7.16. The van der Waals surface area contributed by atoms with Crippen LogP contribution in [0.15, 0.2) is 12.3 Å². The minimum absolute atomic E-state index is 0.388. The third-order valence-corrected chi connectivity index (χ3v) is 1.51. The quantitative estimate of drug-likeness (QED) is 0.536. The number of nitrogens with zero attached hydrogens (tertiary/aromatic N) is 1. The number of nitrogens with two attached hydrogens (primary N) is 2. The molecule has 1 aromatic heterocycles. The molecule has 4 N–H and O–H groups in total. The maximum atomic E-state index is 10.3. The molecule has 0 saturated heterocycles. The third kappa shape index (κ3) is 2.20. The Balaban J connectivity index is 3.11. The van der Waals surface area contributed by atoms with Crippen LogP contribution in [0.1, 0.15) is 11.3 Å². The molecule has 0 aliphatic heterocycles. The summed E-state index contributed by atoms with van der Waals surface area (Å²) in [4.78, 5) is 14.3. The lowest BCUT2D eigenvalue weighted by Gasteiger charge is -1.99. The number of hydrogen-bond donors (Lipinski definition) is 2. The van der Waals surface area contributed by atoms with Crippen LogP contribution in [0.3, 0.4) is 0 Å². The molecule has 1 amide bonds. The SMILES string of the molecule is Cc1ccnc(C#CC(N)=O)c1N. The van der Waals surface area contributed by atoms with Gasteiger partial charge >= 0.3 is 0 Å². The van der Waals surface area contributed by atoms with Gasteiger partial charge in [0.05, 0.1) is 5.69 Å². The Bertz CT molecular complexity index is 401. The lowest BCUT2D eigenvalue weighted by molar-refractivity contribution is -0.112. The van der Waals surface area contributed by atoms with Gasteiger partial charge in [0.1, 0.15) is 5.69 Å². The number of anilines is 1. The standard InChI is InChI=1S/C9H9N3O/c1-6-4-5-12-7(9(6)11)2-3-8(10)13/h4-5H,11H2,1H3,(H2,10,13). The Morgan fingerprint density at radius 2 is 2.31 bits per heavy atom. The summed E-state index contributed by atoms with van der Waals surface area (Å²) in [7, 11) is 0. The van der Waals surface area contributed by atoms with Gasteiger partial charge < -0.3 is 11.5 Å². The van der Waals surface area contributed by atoms with E-state index >= 15 is 0 Å². The number of aromatic nitrogens is 1. The monoisotopic (exact) mass is 175 g/mol. The summed E-state index contributed by atoms with van der Waals surface area (Å²) in [5, 5.41) is 0. The molecule has 0 spiro atoms. The first-order chi connectivity index (χ1) is 6.11. The van der Waals surface area contributed by atoms with E-state index in [0.29, 0.717) is 11.4 Å². The number of carbonyl (C=O) groups excluding carboxylic acids is 1. The summed E-state index contributed by atoms with van der Waals surface area (Å²) in [5.74, 6) is 3.98. The van der Waals surface area contributed by atoms with E-state index in [9.17, 15) is 4.79 Å². The number of primary amides is 1. The van der Waals surface area contributed by atoms with Gasteiger partial charge in [-0.25, -0.2) is 4.98 Å². The second-order valence-corrected chi connectivity index (χ2v) is 2.50. The molecule has 66 valence electrons. The number of carbonyl (C=O) groups is 1. The molecule has 13 heavy (non-hydrogen) atoms. The Morgan fingerprint density at radius 3 is 2.92 bits per heavy atom. The average molecular weight is 175 g/mol. The zero-order valence-corrected chi connectivity index (χ0v) is 7.16. The number of hydrogen-bond acceptors (Lipinski definition) is 3. The van der Waals surface area contributed by atoms with Gasteiger partial charge in [-0.15, -0.1) is 0 Å². The first kappa shape index (κ1) is 9.07. The number of aryl methyl sites for hydroxylation is 1. The predicted octanol–water partition coefficient (Wildman–Crippen LogP) is -0.191. The Labute approximate surface area is 76.0 Å². The molecule has 4 heteroatoms. The van der Waals surface area contributed by atoms with Crippen molar-refractivity contribution in [3.8, 4) is 11.8 Å². The topological polar surface area (TPSA) is 82.0 Å². The highest BCUT2D eigenvalue weighted by Gasteiger charge is 1.98. The highest BCUT2D eigenvalue weighted by atomic mass is 16.1. The van der Waals surface area contributed by atoms with Gasteiger partial charge in [-0.2, -0.15) is 0 Å². The predicted molar refractivity (Wildman–Crippen MR) is 49.5 cm³/mol. The number of rotatable bonds is 0. The van der Waals surface area contributed by atoms with E-state index in [0.717, 1.165) is 5.56 Å². The lowest BCUT2D eigenvalue weighted by atomic mass is 10.2. The molecule has 1 heterocycles. The van der Waals surface area contributed by atoms with Gasteiger partial charge in [0.15, 0.2) is 0 Å². The average Bonchev–Trinajstić information content (AvgIpc) is 2.07. The highest BCUT2D eigenvalue weighted by Crippen LogP contribution is 2.11. The Morgan fingerprint density at radius 1 is 1.62 bits per heavy atom. The molecule has 0 saturated carbocycles. The number of pyridine rings is 1. The van der Waals surface area contributed by atoms with Crippen LogP contribution >= 0.6 is 0 Å². The van der Waals surface area contributed by atoms with Crippen molar-refractivity contribution in [3.05, 3.63) is 23.5 Å². The van der Waals surface area contributed by atoms with E-state index in [1.165, 1.54) is 0 Å². The van der Waals surface area contributed by atoms with Crippen LogP contribution in [-0.2, 0) is 4.79 Å². The van der Waals surface area contributed by atoms with Gasteiger partial charge in [-0.3, -0.25) is 4.79 Å². The van der Waals surface area contributed by atoms with Crippen LogP contribution in [0.4, 0.5) is 5.69 Å². The van der Waals surface area contributed by atoms with Crippen molar-refractivity contribution < 1.29 is 4.79 Å². The van der Waals surface area contributed by atoms with Crippen LogP contribution < -0.4 is 11.5 Å². The molecule has 0 aromatic carbocycles. The Kier molecular flexibility index (Phi) is 2.50. The highest BCUT2D eigenvalue weighted by molar-refractivity contribution is 5.92. The first-order valence-electron chi connectivity index (χ1n) is 3.64. The van der Waals surface area contributed by atoms with Gasteiger partial charge in [0, 0.05) is 12.1 Å². The molecule has 0 bridgehead atoms. The third-order valence-electron chi connectivity index (χ3n) is 1.51. The van der Waals surface area contributed by atoms with Crippen molar-refractivity contribution in [1.29, 1.82) is 0 Å². The molecular weight excluding hydrogens is 166 g/mol. The van der Waals surface area contributed by atoms with Crippen LogP contribution in [0.2, 0.25) is 0 Å². The van der Waals surface area contributed by atoms with Gasteiger partial charge in [0.25, 0.3) is 5.91 Å². The van der Waals surface area contributed by atoms with Crippen LogP contribution in [0.5, 0.6) is 0 Å². The van der Waals surface area contributed by atoms with E-state index in [1.807, 2.05) is 6.92 Å². The van der Waals surface area contributed by atoms with Crippen molar-refractivity contribution in [1.82, 2.24) is 4.98 Å². The smallest absolute Gasteiger partial charge is 0.293 e. The lowest BCUT2D eigenvalue weighted by Crippen LogP contribution is -2.06. The summed E-state index contributed by atoms with van der Waals surface area (Å²) in [6.45, 7) is 1.84. The van der Waals surface area contributed by atoms with E-state index in [1.54, 1.807) is 12.3 Å². The molecular formula is C9H9N3O. The van der Waals surface area contributed by atoms with Crippen LogP contribution in [0.25, 0.3) is 0 Å². The van der Waals surface area contributed by atoms with E-state index < -0.39 is 5.91 Å². The van der Waals surface area contributed by atoms with Gasteiger partial charge in [-0.05, 0) is 24.5 Å². The van der Waals surface area contributed by atoms with Gasteiger partial charge in [0.2, 0.25) is 0 Å². The van der Waals surface area contributed by atoms with Crippen LogP contribution in [0, 0.1) is 18.8 Å². The maximum absolute atomic E-state index is 10.3. The van der Waals surface area contributed by atoms with E-state index in [2.05, 4.69) is 16.8 Å². The Hall–Kier alpha value is -2.02. The van der Waals surface area contributed by atoms with Crippen molar-refractivity contribution >= 4 is 11.6 Å². The number of nitrogen functional groups attached to an aromatic ring is 1. The molecule has 0 fully saturated rings.